The molecule has 0 radical (unpaired) electrons. The Bertz CT molecular complexity index is 7520. The predicted molar refractivity (Wildman–Crippen MR) is 452 cm³/mol. The van der Waals surface area contributed by atoms with Gasteiger partial charge in [0.15, 0.2) is 0 Å². The normalized spacial score (nSPS) is 11.7. The average molecular weight is 1400 g/mol. The molecule has 0 saturated heterocycles. The topological polar surface area (TPSA) is 90.5 Å². The number of hydrogen-bond donors (Lipinski definition) is 0. The smallest absolute Gasteiger partial charge is 0.136 e. The highest BCUT2D eigenvalue weighted by molar-refractivity contribution is 7.27. The number of para-hydroxylation sites is 3. The van der Waals surface area contributed by atoms with E-state index in [-0.39, 0.29) is 0 Å². The van der Waals surface area contributed by atoms with Crippen LogP contribution >= 0.6 is 22.7 Å². The molecule has 17 aromatic carbocycles. The molecule has 0 atom stereocenters. The number of benzene rings is 17. The molecule has 0 aliphatic rings. The Balaban J connectivity index is 0.000000103. The molecule has 7 nitrogen and oxygen atoms in total. The number of furan rings is 1. The van der Waals surface area contributed by atoms with Gasteiger partial charge >= 0.3 is 0 Å². The van der Waals surface area contributed by atoms with Crippen molar-refractivity contribution in [3.05, 3.63) is 352 Å². The molecule has 6 aromatic heterocycles. The number of rotatable bonds is 6. The van der Waals surface area contributed by atoms with E-state index in [0.29, 0.717) is 0 Å². The standard InChI is InChI=1S/C34H20N2O.C34H20N2S.C30H18N2S/c1-2-9-22(10-3-1)32-33(36-34-26-11-5-4-8-21(26)15-18-28(34)35-32)24-14-17-25-23(20-24)16-19-30-31(25)27-12-6-7-13-29(27)37-30;1-2-9-23(10-3-1)31-32(35-29-19-17-21-8-4-5-11-25(21)33(29)36-31)24-15-14-22-16-18-27-26-12-6-7-13-30(26)37-34(27)28(22)20-24;1-2-8-20(9-3-1)28-29(32-26-12-6-5-11-25(26)31-28)21-15-14-19-16-17-23-22-10-4-7-13-27(22)33-30(23)24(19)18-21/h2*1-20H;1-18H. The van der Waals surface area contributed by atoms with Gasteiger partial charge in [0.25, 0.3) is 0 Å². The number of thiophene rings is 2. The maximum absolute atomic E-state index is 6.12. The van der Waals surface area contributed by atoms with Crippen LogP contribution in [0.4, 0.5) is 0 Å². The molecule has 0 spiro atoms. The van der Waals surface area contributed by atoms with E-state index in [1.54, 1.807) is 0 Å². The second-order valence-electron chi connectivity index (χ2n) is 27.1. The minimum atomic E-state index is 0.883. The van der Waals surface area contributed by atoms with Crippen LogP contribution in [0.15, 0.2) is 356 Å². The predicted octanol–water partition coefficient (Wildman–Crippen LogP) is 27.3. The van der Waals surface area contributed by atoms with Crippen LogP contribution < -0.4 is 0 Å². The minimum Gasteiger partial charge on any atom is -0.456 e. The quantitative estimate of drug-likeness (QED) is 0.153. The Labute approximate surface area is 621 Å². The molecule has 0 saturated carbocycles. The molecule has 0 N–H and O–H groups in total. The largest absolute Gasteiger partial charge is 0.456 e. The van der Waals surface area contributed by atoms with Gasteiger partial charge in [0.1, 0.15) is 11.2 Å². The Hall–Kier alpha value is -13.7. The van der Waals surface area contributed by atoms with Crippen molar-refractivity contribution in [2.45, 2.75) is 0 Å². The fourth-order valence-electron chi connectivity index (χ4n) is 15.6. The molecule has 0 unspecified atom stereocenters. The van der Waals surface area contributed by atoms with Crippen molar-refractivity contribution in [3.8, 4) is 67.5 Å². The lowest BCUT2D eigenvalue weighted by Gasteiger charge is -2.13. The van der Waals surface area contributed by atoms with Crippen molar-refractivity contribution in [2.75, 3.05) is 0 Å². The molecule has 23 rings (SSSR count). The van der Waals surface area contributed by atoms with Gasteiger partial charge in [0, 0.05) is 106 Å². The summed E-state index contributed by atoms with van der Waals surface area (Å²) in [7, 11) is 0. The molecule has 107 heavy (non-hydrogen) atoms. The lowest BCUT2D eigenvalue weighted by molar-refractivity contribution is 0.669. The van der Waals surface area contributed by atoms with Crippen LogP contribution in [0.2, 0.25) is 0 Å². The van der Waals surface area contributed by atoms with E-state index < -0.39 is 0 Å². The summed E-state index contributed by atoms with van der Waals surface area (Å²) in [6, 6.07) is 123. The number of aromatic nitrogens is 6. The van der Waals surface area contributed by atoms with Crippen molar-refractivity contribution >= 4 is 172 Å². The first-order valence-electron chi connectivity index (χ1n) is 35.9. The van der Waals surface area contributed by atoms with Crippen LogP contribution in [0.1, 0.15) is 0 Å². The lowest BCUT2D eigenvalue weighted by atomic mass is 9.98. The summed E-state index contributed by atoms with van der Waals surface area (Å²) in [5, 5.41) is 19.5. The molecule has 0 aliphatic heterocycles. The van der Waals surface area contributed by atoms with Crippen molar-refractivity contribution in [1.82, 2.24) is 29.9 Å². The van der Waals surface area contributed by atoms with Crippen molar-refractivity contribution in [2.24, 2.45) is 0 Å². The second-order valence-corrected chi connectivity index (χ2v) is 29.2. The van der Waals surface area contributed by atoms with Crippen LogP contribution in [-0.4, -0.2) is 29.9 Å². The molecule has 0 fully saturated rings. The van der Waals surface area contributed by atoms with Crippen LogP contribution in [0.25, 0.3) is 217 Å². The van der Waals surface area contributed by atoms with Gasteiger partial charge in [0.05, 0.1) is 67.3 Å². The molecular formula is C98H58N6OS2. The Morgan fingerprint density at radius 1 is 0.196 bits per heavy atom. The van der Waals surface area contributed by atoms with Crippen LogP contribution in [0.5, 0.6) is 0 Å². The van der Waals surface area contributed by atoms with Crippen molar-refractivity contribution in [1.29, 1.82) is 0 Å². The molecule has 0 bridgehead atoms. The highest BCUT2D eigenvalue weighted by atomic mass is 32.1. The minimum absolute atomic E-state index is 0.883. The first-order valence-corrected chi connectivity index (χ1v) is 37.5. The van der Waals surface area contributed by atoms with Crippen molar-refractivity contribution in [3.63, 3.8) is 0 Å². The van der Waals surface area contributed by atoms with E-state index in [1.807, 2.05) is 89.4 Å². The maximum Gasteiger partial charge on any atom is 0.136 e. The third-order valence-corrected chi connectivity index (χ3v) is 23.2. The lowest BCUT2D eigenvalue weighted by Crippen LogP contribution is -1.96. The summed E-state index contributed by atoms with van der Waals surface area (Å²) >= 11 is 3.73. The molecule has 0 amide bonds. The maximum atomic E-state index is 6.12. The Morgan fingerprint density at radius 3 is 1.07 bits per heavy atom. The first-order chi connectivity index (χ1) is 53.0. The highest BCUT2D eigenvalue weighted by Crippen LogP contribution is 2.45. The zero-order valence-corrected chi connectivity index (χ0v) is 59.0. The van der Waals surface area contributed by atoms with E-state index in [2.05, 4.69) is 285 Å². The van der Waals surface area contributed by atoms with Gasteiger partial charge in [-0.05, 0) is 99.0 Å². The van der Waals surface area contributed by atoms with E-state index in [1.165, 1.54) is 72.7 Å². The SMILES string of the molecule is c1ccc(-c2nc3c(ccc4ccccc43)nc2-c2ccc3ccc4c5ccccc5sc4c3c2)cc1.c1ccc(-c2nc3ccc4ccccc4c3nc2-c2ccc3c(ccc4oc5ccccc5c43)c2)cc1.c1ccc(-c2nc3ccccc3nc2-c2ccc3ccc4c5ccccc5sc4c3c2)cc1. The van der Waals surface area contributed by atoms with Gasteiger partial charge in [-0.25, -0.2) is 29.9 Å². The van der Waals surface area contributed by atoms with Crippen LogP contribution in [0.3, 0.4) is 0 Å². The zero-order valence-electron chi connectivity index (χ0n) is 57.4. The number of hydrogen-bond acceptors (Lipinski definition) is 9. The third kappa shape index (κ3) is 10.8. The monoisotopic (exact) mass is 1400 g/mol. The number of fused-ring (bicyclic) bond motifs is 22. The zero-order chi connectivity index (χ0) is 70.5. The van der Waals surface area contributed by atoms with E-state index >= 15 is 0 Å². The number of nitrogens with zero attached hydrogens (tertiary/aromatic N) is 6. The van der Waals surface area contributed by atoms with Gasteiger partial charge in [-0.3, -0.25) is 0 Å². The van der Waals surface area contributed by atoms with E-state index in [0.717, 1.165) is 144 Å². The molecule has 9 heteroatoms. The third-order valence-electron chi connectivity index (χ3n) is 20.7. The Morgan fingerprint density at radius 2 is 0.551 bits per heavy atom. The van der Waals surface area contributed by atoms with E-state index in [9.17, 15) is 0 Å². The van der Waals surface area contributed by atoms with E-state index in [4.69, 9.17) is 34.3 Å². The summed E-state index contributed by atoms with van der Waals surface area (Å²) in [5.74, 6) is 0. The fraction of sp³-hybridized carbons (Fsp3) is 0. The van der Waals surface area contributed by atoms with Gasteiger partial charge in [-0.1, -0.05) is 285 Å². The molecule has 23 aromatic rings. The second kappa shape index (κ2) is 25.6. The fourth-order valence-corrected chi connectivity index (χ4v) is 18.0. The van der Waals surface area contributed by atoms with Gasteiger partial charge in [-0.15, -0.1) is 22.7 Å². The summed E-state index contributed by atoms with van der Waals surface area (Å²) in [6.07, 6.45) is 0. The molecule has 6 heterocycles. The molecular weight excluding hydrogens is 1340 g/mol. The van der Waals surface area contributed by atoms with Crippen LogP contribution in [-0.2, 0) is 0 Å². The highest BCUT2D eigenvalue weighted by Gasteiger charge is 2.21. The molecule has 498 valence electrons. The summed E-state index contributed by atoms with van der Waals surface area (Å²) in [5.41, 5.74) is 19.1. The van der Waals surface area contributed by atoms with Gasteiger partial charge in [-0.2, -0.15) is 0 Å². The van der Waals surface area contributed by atoms with Crippen LogP contribution in [0, 0.1) is 0 Å². The van der Waals surface area contributed by atoms with Gasteiger partial charge < -0.3 is 4.42 Å². The first kappa shape index (κ1) is 61.9. The summed E-state index contributed by atoms with van der Waals surface area (Å²) in [6.45, 7) is 0. The average Bonchev–Trinajstić information content (AvgIpc) is 1.68. The Kier molecular flexibility index (Phi) is 14.8. The summed E-state index contributed by atoms with van der Waals surface area (Å²) in [4.78, 5) is 31.1. The van der Waals surface area contributed by atoms with Gasteiger partial charge in [0.2, 0.25) is 0 Å². The van der Waals surface area contributed by atoms with Crippen molar-refractivity contribution < 1.29 is 4.42 Å². The molecule has 0 aliphatic carbocycles. The summed E-state index contributed by atoms with van der Waals surface area (Å²) < 4.78 is 11.4.